The minimum Gasteiger partial charge on any atom is -0.543 e. The molecule has 3 rings (SSSR count). The summed E-state index contributed by atoms with van der Waals surface area (Å²) in [7, 11) is -2.24. The number of esters is 1. The molecule has 0 spiro atoms. The van der Waals surface area contributed by atoms with Crippen molar-refractivity contribution in [3.05, 3.63) is 81.4 Å². The molecule has 2 aromatic carbocycles. The van der Waals surface area contributed by atoms with Gasteiger partial charge in [-0.2, -0.15) is 5.26 Å². The van der Waals surface area contributed by atoms with Crippen LogP contribution in [0.1, 0.15) is 74.9 Å². The highest BCUT2D eigenvalue weighted by atomic mass is 28.4. The quantitative estimate of drug-likeness (QED) is 0.103. The van der Waals surface area contributed by atoms with Crippen molar-refractivity contribution in [3.8, 4) is 11.8 Å². The lowest BCUT2D eigenvalue weighted by atomic mass is 9.93. The maximum absolute atomic E-state index is 13.8. The van der Waals surface area contributed by atoms with E-state index in [1.165, 1.54) is 12.1 Å². The zero-order chi connectivity index (χ0) is 30.2. The monoisotopic (exact) mass is 578 g/mol. The van der Waals surface area contributed by atoms with Crippen molar-refractivity contribution in [1.82, 2.24) is 0 Å². The number of carbonyl (C=O) groups excluding carboxylic acids is 1. The van der Waals surface area contributed by atoms with Gasteiger partial charge in [-0.25, -0.2) is 4.79 Å². The summed E-state index contributed by atoms with van der Waals surface area (Å²) in [5.41, 5.74) is 2.14. The number of cyclic esters (lactones) is 1. The Morgan fingerprint density at radius 1 is 1.15 bits per heavy atom. The molecule has 41 heavy (non-hydrogen) atoms. The van der Waals surface area contributed by atoms with Gasteiger partial charge in [-0.15, -0.1) is 0 Å². The predicted octanol–water partition coefficient (Wildman–Crippen LogP) is 7.92. The van der Waals surface area contributed by atoms with Crippen LogP contribution in [0, 0.1) is 27.4 Å². The number of nitro benzene ring substituents is 1. The molecule has 0 N–H and O–H groups in total. The number of benzene rings is 2. The van der Waals surface area contributed by atoms with Crippen molar-refractivity contribution in [1.29, 1.82) is 5.26 Å². The second kappa shape index (κ2) is 13.9. The highest BCUT2D eigenvalue weighted by molar-refractivity contribution is 6.74. The third kappa shape index (κ3) is 8.75. The Labute approximate surface area is 244 Å². The first-order valence-corrected chi connectivity index (χ1v) is 17.1. The molecular weight excluding hydrogens is 536 g/mol. The van der Waals surface area contributed by atoms with Gasteiger partial charge in [0.15, 0.2) is 0 Å². The van der Waals surface area contributed by atoms with Crippen LogP contribution < -0.4 is 4.43 Å². The molecule has 0 aromatic heterocycles. The second-order valence-electron chi connectivity index (χ2n) is 12.3. The fourth-order valence-corrected chi connectivity index (χ4v) is 5.49. The molecule has 0 radical (unpaired) electrons. The summed E-state index contributed by atoms with van der Waals surface area (Å²) in [5, 5.41) is 20.3. The molecule has 1 aliphatic rings. The minimum absolute atomic E-state index is 0.0268. The van der Waals surface area contributed by atoms with Gasteiger partial charge in [-0.1, -0.05) is 52.0 Å². The highest BCUT2D eigenvalue weighted by Crippen LogP contribution is 2.39. The molecule has 0 aliphatic carbocycles. The molecule has 8 nitrogen and oxygen atoms in total. The number of nitriles is 1. The largest absolute Gasteiger partial charge is 0.543 e. The summed E-state index contributed by atoms with van der Waals surface area (Å²) in [5.74, 6) is 0.204. The molecule has 1 aliphatic heterocycles. The third-order valence-electron chi connectivity index (χ3n) is 8.09. The maximum Gasteiger partial charge on any atom is 0.342 e. The van der Waals surface area contributed by atoms with Crippen LogP contribution in [0.2, 0.25) is 18.1 Å². The Morgan fingerprint density at radius 2 is 1.85 bits per heavy atom. The Hall–Kier alpha value is -3.48. The summed E-state index contributed by atoms with van der Waals surface area (Å²) < 4.78 is 19.1. The van der Waals surface area contributed by atoms with Crippen LogP contribution in [-0.2, 0) is 22.5 Å². The van der Waals surface area contributed by atoms with Gasteiger partial charge in [-0.05, 0) is 72.6 Å². The molecule has 3 atom stereocenters. The predicted molar refractivity (Wildman–Crippen MR) is 161 cm³/mol. The van der Waals surface area contributed by atoms with Gasteiger partial charge in [-0.3, -0.25) is 10.1 Å². The van der Waals surface area contributed by atoms with Gasteiger partial charge in [0.25, 0.3) is 14.0 Å². The molecule has 1 heterocycles. The summed E-state index contributed by atoms with van der Waals surface area (Å²) in [6, 6.07) is 14.2. The Balaban J connectivity index is 1.90. The number of nitrogens with zero attached hydrogens (tertiary/aromatic N) is 2. The number of fused-ring (bicyclic) bond motifs is 1. The van der Waals surface area contributed by atoms with Crippen LogP contribution in [0.4, 0.5) is 5.69 Å². The molecule has 220 valence electrons. The van der Waals surface area contributed by atoms with E-state index >= 15 is 0 Å². The van der Waals surface area contributed by atoms with Crippen LogP contribution in [0.3, 0.4) is 0 Å². The normalized spacial score (nSPS) is 20.9. The SMILES string of the molecule is C[C@H]1C/C=C/Cc2cccc(O[Si](C)(C)C(C)(C)C)c2C(=O)O[C@@H](CCC#N)C[C@H]1OCc1ccc([N+](=O)[O-])cc1. The number of hydrogen-bond acceptors (Lipinski definition) is 7. The van der Waals surface area contributed by atoms with E-state index in [0.717, 1.165) is 17.5 Å². The van der Waals surface area contributed by atoms with E-state index in [1.807, 2.05) is 18.2 Å². The molecule has 9 heteroatoms. The standard InChI is InChI=1S/C32H42N2O6Si/c1-23-11-7-8-12-25-13-9-15-28(40-41(5,6)32(2,3)4)30(25)31(35)39-27(14-10-20-33)21-29(23)38-22-24-16-18-26(19-17-24)34(36)37/h7-9,13,15-19,23,27,29H,10-12,14,21-22H2,1-6H3/b8-7+/t23-,27-,29+/m0/s1. The van der Waals surface area contributed by atoms with Gasteiger partial charge < -0.3 is 13.9 Å². The van der Waals surface area contributed by atoms with E-state index in [4.69, 9.17) is 13.9 Å². The number of hydrogen-bond donors (Lipinski definition) is 0. The average Bonchev–Trinajstić information content (AvgIpc) is 2.90. The molecule has 0 fully saturated rings. The lowest BCUT2D eigenvalue weighted by Gasteiger charge is -2.37. The minimum atomic E-state index is -2.24. The third-order valence-corrected chi connectivity index (χ3v) is 12.4. The van der Waals surface area contributed by atoms with Crippen molar-refractivity contribution >= 4 is 20.0 Å². The fraction of sp³-hybridized carbons (Fsp3) is 0.500. The van der Waals surface area contributed by atoms with Crippen molar-refractivity contribution in [2.24, 2.45) is 5.92 Å². The lowest BCUT2D eigenvalue weighted by molar-refractivity contribution is -0.384. The Bertz CT molecular complexity index is 1280. The van der Waals surface area contributed by atoms with E-state index in [2.05, 4.69) is 59.0 Å². The first-order chi connectivity index (χ1) is 19.3. The van der Waals surface area contributed by atoms with Crippen LogP contribution in [0.15, 0.2) is 54.6 Å². The summed E-state index contributed by atoms with van der Waals surface area (Å²) in [6.45, 7) is 13.1. The van der Waals surface area contributed by atoms with E-state index < -0.39 is 25.3 Å². The summed E-state index contributed by atoms with van der Waals surface area (Å²) in [6.07, 6.45) is 5.79. The molecule has 0 amide bonds. The molecule has 0 bridgehead atoms. The maximum atomic E-state index is 13.8. The van der Waals surface area contributed by atoms with Crippen molar-refractivity contribution in [2.45, 2.75) is 96.7 Å². The van der Waals surface area contributed by atoms with Crippen molar-refractivity contribution in [2.75, 3.05) is 0 Å². The number of rotatable bonds is 8. The fourth-order valence-electron chi connectivity index (χ4n) is 4.47. The van der Waals surface area contributed by atoms with E-state index in [0.29, 0.717) is 30.6 Å². The van der Waals surface area contributed by atoms with Crippen LogP contribution in [0.5, 0.6) is 5.75 Å². The zero-order valence-electron chi connectivity index (χ0n) is 25.0. The Kier molecular flexibility index (Phi) is 10.9. The molecular formula is C32H42N2O6Si. The van der Waals surface area contributed by atoms with Gasteiger partial charge in [0.1, 0.15) is 17.4 Å². The highest BCUT2D eigenvalue weighted by Gasteiger charge is 2.40. The first-order valence-electron chi connectivity index (χ1n) is 14.2. The number of allylic oxidation sites excluding steroid dienone is 2. The van der Waals surface area contributed by atoms with Gasteiger partial charge in [0.2, 0.25) is 0 Å². The number of carbonyl (C=O) groups is 1. The van der Waals surface area contributed by atoms with Crippen molar-refractivity contribution < 1.29 is 23.6 Å². The summed E-state index contributed by atoms with van der Waals surface area (Å²) in [4.78, 5) is 24.4. The molecule has 2 aromatic rings. The zero-order valence-corrected chi connectivity index (χ0v) is 26.0. The van der Waals surface area contributed by atoms with E-state index in [-0.39, 0.29) is 35.8 Å². The lowest BCUT2D eigenvalue weighted by Crippen LogP contribution is -2.44. The Morgan fingerprint density at radius 3 is 2.49 bits per heavy atom. The second-order valence-corrected chi connectivity index (χ2v) is 17.0. The number of ether oxygens (including phenoxy) is 2. The van der Waals surface area contributed by atoms with E-state index in [9.17, 15) is 20.2 Å². The van der Waals surface area contributed by atoms with Crippen LogP contribution >= 0.6 is 0 Å². The molecule has 0 saturated carbocycles. The van der Waals surface area contributed by atoms with E-state index in [1.54, 1.807) is 12.1 Å². The van der Waals surface area contributed by atoms with Gasteiger partial charge in [0.05, 0.1) is 23.7 Å². The van der Waals surface area contributed by atoms with Gasteiger partial charge in [0, 0.05) is 25.0 Å². The smallest absolute Gasteiger partial charge is 0.342 e. The van der Waals surface area contributed by atoms with Crippen LogP contribution in [0.25, 0.3) is 0 Å². The summed E-state index contributed by atoms with van der Waals surface area (Å²) >= 11 is 0. The number of nitro groups is 1. The van der Waals surface area contributed by atoms with Gasteiger partial charge >= 0.3 is 5.97 Å². The van der Waals surface area contributed by atoms with Crippen molar-refractivity contribution in [3.63, 3.8) is 0 Å². The topological polar surface area (TPSA) is 112 Å². The average molecular weight is 579 g/mol. The number of non-ortho nitro benzene ring substituents is 1. The molecule has 0 saturated heterocycles. The first kappa shape index (κ1) is 32.0. The molecule has 0 unspecified atom stereocenters. The van der Waals surface area contributed by atoms with Crippen LogP contribution in [-0.4, -0.2) is 31.4 Å².